The molecule has 0 fully saturated rings. The Hall–Kier alpha value is -2.58. The van der Waals surface area contributed by atoms with Crippen LogP contribution in [0.2, 0.25) is 10.0 Å². The minimum Gasteiger partial charge on any atom is -0.444 e. The minimum absolute atomic E-state index is 0.0899. The van der Waals surface area contributed by atoms with Gasteiger partial charge in [0.1, 0.15) is 16.6 Å². The highest BCUT2D eigenvalue weighted by Crippen LogP contribution is 2.33. The highest BCUT2D eigenvalue weighted by Gasteiger charge is 2.31. The van der Waals surface area contributed by atoms with Crippen LogP contribution < -0.4 is 0 Å². The molecule has 0 N–H and O–H groups in total. The average Bonchev–Trinajstić information content (AvgIpc) is 2.80. The molecule has 186 valence electrons. The summed E-state index contributed by atoms with van der Waals surface area (Å²) >= 11 is 12.2. The summed E-state index contributed by atoms with van der Waals surface area (Å²) in [5, 5.41) is -0.0404. The zero-order chi connectivity index (χ0) is 25.6. The third-order valence-electron chi connectivity index (χ3n) is 4.85. The Bertz CT molecular complexity index is 1250. The van der Waals surface area contributed by atoms with Crippen LogP contribution in [0.25, 0.3) is 0 Å². The topological polar surface area (TPSA) is 72.9 Å². The van der Waals surface area contributed by atoms with Gasteiger partial charge in [-0.15, -0.1) is 0 Å². The molecule has 1 atom stereocenters. The fraction of sp³-hybridized carbons (Fsp3) is 0.269. The van der Waals surface area contributed by atoms with Gasteiger partial charge in [0, 0.05) is 6.54 Å². The van der Waals surface area contributed by atoms with Crippen molar-refractivity contribution >= 4 is 39.4 Å². The van der Waals surface area contributed by atoms with Crippen LogP contribution in [0.3, 0.4) is 0 Å². The number of benzene rings is 3. The van der Waals surface area contributed by atoms with Gasteiger partial charge in [-0.2, -0.15) is 8.42 Å². The molecule has 3 rings (SSSR count). The highest BCUT2D eigenvalue weighted by molar-refractivity contribution is 7.87. The summed E-state index contributed by atoms with van der Waals surface area (Å²) < 4.78 is 37.7. The molecule has 35 heavy (non-hydrogen) atoms. The number of rotatable bonds is 8. The third kappa shape index (κ3) is 7.70. The minimum atomic E-state index is -4.34. The summed E-state index contributed by atoms with van der Waals surface area (Å²) in [6, 6.07) is 22.4. The number of carbonyl (C=O) groups excluding carboxylic acids is 1. The second-order valence-electron chi connectivity index (χ2n) is 8.85. The summed E-state index contributed by atoms with van der Waals surface area (Å²) in [6.45, 7) is 5.40. The lowest BCUT2D eigenvalue weighted by molar-refractivity contribution is 0.0151. The monoisotopic (exact) mass is 535 g/mol. The molecule has 0 radical (unpaired) electrons. The van der Waals surface area contributed by atoms with E-state index in [1.54, 1.807) is 51.1 Å². The van der Waals surface area contributed by atoms with Crippen LogP contribution in [-0.4, -0.2) is 31.6 Å². The second kappa shape index (κ2) is 11.4. The number of hydrogen-bond donors (Lipinski definition) is 0. The predicted molar refractivity (Wildman–Crippen MR) is 137 cm³/mol. The molecule has 3 aromatic rings. The Morgan fingerprint density at radius 3 is 2.11 bits per heavy atom. The number of hydrogen-bond acceptors (Lipinski definition) is 5. The van der Waals surface area contributed by atoms with Gasteiger partial charge < -0.3 is 9.64 Å². The number of halogens is 2. The lowest BCUT2D eigenvalue weighted by atomic mass is 10.1. The van der Waals surface area contributed by atoms with E-state index in [-0.39, 0.29) is 28.0 Å². The van der Waals surface area contributed by atoms with E-state index in [0.717, 1.165) is 5.56 Å². The first-order valence-corrected chi connectivity index (χ1v) is 13.1. The van der Waals surface area contributed by atoms with Gasteiger partial charge >= 0.3 is 6.09 Å². The fourth-order valence-electron chi connectivity index (χ4n) is 3.28. The molecule has 0 bridgehead atoms. The van der Waals surface area contributed by atoms with Crippen molar-refractivity contribution in [2.75, 3.05) is 6.54 Å². The van der Waals surface area contributed by atoms with Crippen LogP contribution in [-0.2, 0) is 25.6 Å². The maximum absolute atomic E-state index is 13.2. The van der Waals surface area contributed by atoms with Crippen molar-refractivity contribution in [3.63, 3.8) is 0 Å². The molecule has 3 aromatic carbocycles. The van der Waals surface area contributed by atoms with Gasteiger partial charge in [-0.1, -0.05) is 89.9 Å². The van der Waals surface area contributed by atoms with Crippen molar-refractivity contribution in [1.82, 2.24) is 4.90 Å². The SMILES string of the molecule is CC(C)(C)OC(=O)N(Cc1ccccc1)CC(OS(=O)(=O)c1cccc(Cl)c1Cl)c1ccccc1. The molecular formula is C26H27Cl2NO5S. The van der Waals surface area contributed by atoms with Crippen LogP contribution in [0.1, 0.15) is 38.0 Å². The van der Waals surface area contributed by atoms with Gasteiger partial charge in [-0.3, -0.25) is 4.18 Å². The zero-order valence-corrected chi connectivity index (χ0v) is 22.0. The molecule has 0 aliphatic rings. The summed E-state index contributed by atoms with van der Waals surface area (Å²) in [6.07, 6.45) is -1.63. The largest absolute Gasteiger partial charge is 0.444 e. The summed E-state index contributed by atoms with van der Waals surface area (Å²) in [5.74, 6) is 0. The van der Waals surface area contributed by atoms with E-state index in [9.17, 15) is 13.2 Å². The van der Waals surface area contributed by atoms with Crippen molar-refractivity contribution in [3.8, 4) is 0 Å². The lowest BCUT2D eigenvalue weighted by Gasteiger charge is -2.30. The molecule has 9 heteroatoms. The lowest BCUT2D eigenvalue weighted by Crippen LogP contribution is -2.39. The summed E-state index contributed by atoms with van der Waals surface area (Å²) in [5.41, 5.74) is 0.678. The van der Waals surface area contributed by atoms with Crippen molar-refractivity contribution in [1.29, 1.82) is 0 Å². The van der Waals surface area contributed by atoms with E-state index in [1.165, 1.54) is 23.1 Å². The van der Waals surface area contributed by atoms with E-state index in [2.05, 4.69) is 0 Å². The quantitative estimate of drug-likeness (QED) is 0.294. The molecule has 0 aliphatic carbocycles. The molecule has 0 aromatic heterocycles. The Balaban J connectivity index is 1.98. The highest BCUT2D eigenvalue weighted by atomic mass is 35.5. The van der Waals surface area contributed by atoms with Crippen molar-refractivity contribution < 1.29 is 22.1 Å². The predicted octanol–water partition coefficient (Wildman–Crippen LogP) is 6.88. The molecular weight excluding hydrogens is 509 g/mol. The normalized spacial score (nSPS) is 12.7. The second-order valence-corrected chi connectivity index (χ2v) is 11.2. The van der Waals surface area contributed by atoms with Crippen LogP contribution in [0.5, 0.6) is 0 Å². The first-order chi connectivity index (χ1) is 16.5. The van der Waals surface area contributed by atoms with Gasteiger partial charge in [-0.05, 0) is 44.0 Å². The van der Waals surface area contributed by atoms with E-state index >= 15 is 0 Å². The molecule has 1 unspecified atom stereocenters. The molecule has 0 aliphatic heterocycles. The number of carbonyl (C=O) groups is 1. The maximum atomic E-state index is 13.2. The third-order valence-corrected chi connectivity index (χ3v) is 7.15. The van der Waals surface area contributed by atoms with Gasteiger partial charge in [0.2, 0.25) is 0 Å². The van der Waals surface area contributed by atoms with Crippen molar-refractivity contribution in [2.24, 2.45) is 0 Å². The molecule has 0 saturated carbocycles. The first-order valence-electron chi connectivity index (χ1n) is 10.9. The van der Waals surface area contributed by atoms with Crippen LogP contribution in [0.4, 0.5) is 4.79 Å². The number of amides is 1. The molecule has 6 nitrogen and oxygen atoms in total. The first kappa shape index (κ1) is 27.0. The van der Waals surface area contributed by atoms with Crippen LogP contribution >= 0.6 is 23.2 Å². The Kier molecular flexibility index (Phi) is 8.83. The van der Waals surface area contributed by atoms with Gasteiger partial charge in [0.05, 0.1) is 16.6 Å². The van der Waals surface area contributed by atoms with Crippen LogP contribution in [0, 0.1) is 0 Å². The van der Waals surface area contributed by atoms with Gasteiger partial charge in [-0.25, -0.2) is 4.79 Å². The fourth-order valence-corrected chi connectivity index (χ4v) is 5.07. The Morgan fingerprint density at radius 1 is 0.914 bits per heavy atom. The molecule has 1 amide bonds. The van der Waals surface area contributed by atoms with E-state index < -0.39 is 27.9 Å². The molecule has 0 heterocycles. The van der Waals surface area contributed by atoms with Gasteiger partial charge in [0.25, 0.3) is 10.1 Å². The standard InChI is InChI=1S/C26H27Cl2NO5S/c1-26(2,3)33-25(30)29(17-19-11-6-4-7-12-19)18-22(20-13-8-5-9-14-20)34-35(31,32)23-16-10-15-21(27)24(23)28/h4-16,22H,17-18H2,1-3H3. The van der Waals surface area contributed by atoms with E-state index in [0.29, 0.717) is 5.56 Å². The van der Waals surface area contributed by atoms with Crippen LogP contribution in [0.15, 0.2) is 83.8 Å². The number of nitrogens with zero attached hydrogens (tertiary/aromatic N) is 1. The summed E-state index contributed by atoms with van der Waals surface area (Å²) in [7, 11) is -4.34. The summed E-state index contributed by atoms with van der Waals surface area (Å²) in [4.78, 5) is 14.3. The van der Waals surface area contributed by atoms with Crippen molar-refractivity contribution in [3.05, 3.63) is 100 Å². The maximum Gasteiger partial charge on any atom is 0.410 e. The van der Waals surface area contributed by atoms with Crippen molar-refractivity contribution in [2.45, 2.75) is 43.9 Å². The Labute approximate surface area is 216 Å². The van der Waals surface area contributed by atoms with Gasteiger partial charge in [0.15, 0.2) is 0 Å². The van der Waals surface area contributed by atoms with E-state index in [1.807, 2.05) is 30.3 Å². The zero-order valence-electron chi connectivity index (χ0n) is 19.6. The number of ether oxygens (including phenoxy) is 1. The molecule has 0 spiro atoms. The molecule has 0 saturated heterocycles. The average molecular weight is 536 g/mol. The Morgan fingerprint density at radius 2 is 1.51 bits per heavy atom. The smallest absolute Gasteiger partial charge is 0.410 e. The van der Waals surface area contributed by atoms with E-state index in [4.69, 9.17) is 32.1 Å².